The fraction of sp³-hybridized carbons (Fsp3) is 1.00. The first kappa shape index (κ1) is 21.9. The average Bonchev–Trinajstić information content (AvgIpc) is 2.32. The van der Waals surface area contributed by atoms with E-state index < -0.39 is 53.8 Å². The largest absolute Gasteiger partial charge is 0.456 e. The molecule has 1 aliphatic heterocycles. The lowest BCUT2D eigenvalue weighted by molar-refractivity contribution is -0.596. The third-order valence-electron chi connectivity index (χ3n) is 2.83. The van der Waals surface area contributed by atoms with Gasteiger partial charge in [-0.25, -0.2) is 4.39 Å². The van der Waals surface area contributed by atoms with E-state index in [9.17, 15) is 65.9 Å². The fourth-order valence-electron chi connectivity index (χ4n) is 1.71. The Hall–Kier alpha value is -1.13. The minimum atomic E-state index is -7.43. The minimum Gasteiger partial charge on any atom is -0.282 e. The number of morpholine rings is 1. The molecule has 0 amide bonds. The van der Waals surface area contributed by atoms with Crippen molar-refractivity contribution in [1.29, 1.82) is 0 Å². The van der Waals surface area contributed by atoms with Crippen molar-refractivity contribution in [2.45, 2.75) is 42.2 Å². The summed E-state index contributed by atoms with van der Waals surface area (Å²) >= 11 is 0. The predicted molar refractivity (Wildman–Crippen MR) is 43.5 cm³/mol. The zero-order chi connectivity index (χ0) is 20.5. The number of rotatable bonds is 2. The van der Waals surface area contributed by atoms with Gasteiger partial charge in [-0.15, -0.1) is 4.90 Å². The van der Waals surface area contributed by atoms with Crippen molar-refractivity contribution in [1.82, 2.24) is 4.90 Å². The number of hydrogen-bond donors (Lipinski definition) is 0. The molecule has 2 atom stereocenters. The van der Waals surface area contributed by atoms with Gasteiger partial charge in [0.2, 0.25) is 0 Å². The molecule has 0 aliphatic carbocycles. The summed E-state index contributed by atoms with van der Waals surface area (Å²) in [4.78, 5) is -3.78. The zero-order valence-corrected chi connectivity index (χ0v) is 10.7. The average molecular weight is 413 g/mol. The second-order valence-corrected chi connectivity index (χ2v) is 4.51. The normalized spacial score (nSPS) is 34.2. The molecule has 0 saturated carbocycles. The van der Waals surface area contributed by atoms with Crippen molar-refractivity contribution in [3.8, 4) is 0 Å². The molecular weight excluding hydrogens is 411 g/mol. The Bertz CT molecular complexity index is 487. The van der Waals surface area contributed by atoms with Gasteiger partial charge in [-0.3, -0.25) is 4.74 Å². The molecule has 0 spiro atoms. The maximum Gasteiger partial charge on any atom is 0.456 e. The number of nitrogens with zero attached hydrogens (tertiary/aromatic N) is 1. The summed E-state index contributed by atoms with van der Waals surface area (Å²) < 4.78 is 194. The summed E-state index contributed by atoms with van der Waals surface area (Å²) in [5.74, 6) is -14.7. The first-order valence-electron chi connectivity index (χ1n) is 5.35. The Balaban J connectivity index is 3.91. The molecule has 0 bridgehead atoms. The minimum absolute atomic E-state index is 1.71. The van der Waals surface area contributed by atoms with E-state index in [1.165, 1.54) is 0 Å². The van der Waals surface area contributed by atoms with Gasteiger partial charge in [-0.2, -0.15) is 61.5 Å². The van der Waals surface area contributed by atoms with Crippen molar-refractivity contribution in [3.05, 3.63) is 0 Å². The van der Waals surface area contributed by atoms with Gasteiger partial charge in [0.1, 0.15) is 0 Å². The first-order valence-corrected chi connectivity index (χ1v) is 5.35. The highest BCUT2D eigenvalue weighted by Crippen LogP contribution is 2.64. The van der Waals surface area contributed by atoms with Crippen LogP contribution in [-0.4, -0.2) is 53.8 Å². The van der Waals surface area contributed by atoms with Crippen LogP contribution in [0.2, 0.25) is 0 Å². The van der Waals surface area contributed by atoms with E-state index in [1.54, 1.807) is 4.74 Å². The summed E-state index contributed by atoms with van der Waals surface area (Å²) in [6, 6.07) is -21.3. The van der Waals surface area contributed by atoms with E-state index in [-0.39, 0.29) is 0 Å². The highest BCUT2D eigenvalue weighted by molar-refractivity contribution is 5.09. The molecule has 17 heteroatoms. The fourth-order valence-corrected chi connectivity index (χ4v) is 1.71. The van der Waals surface area contributed by atoms with Crippen LogP contribution in [0, 0.1) is 0 Å². The molecule has 0 aromatic heterocycles. The molecule has 150 valence electrons. The number of ether oxygens (including phenoxy) is 1. The Morgan fingerprint density at radius 1 is 0.640 bits per heavy atom. The molecular formula is C8H2F15NO. The smallest absolute Gasteiger partial charge is 0.282 e. The second kappa shape index (κ2) is 5.20. The summed E-state index contributed by atoms with van der Waals surface area (Å²) in [6.45, 7) is -3.75. The highest BCUT2D eigenvalue weighted by Gasteiger charge is 2.94. The number of alkyl halides is 15. The van der Waals surface area contributed by atoms with Crippen LogP contribution in [0.1, 0.15) is 0 Å². The molecule has 25 heavy (non-hydrogen) atoms. The van der Waals surface area contributed by atoms with Gasteiger partial charge in [0.05, 0.1) is 0 Å². The van der Waals surface area contributed by atoms with Gasteiger partial charge in [0.25, 0.3) is 0 Å². The van der Waals surface area contributed by atoms with Gasteiger partial charge in [0.15, 0.2) is 6.67 Å². The number of hydrogen-bond acceptors (Lipinski definition) is 2. The Morgan fingerprint density at radius 3 is 1.12 bits per heavy atom. The maximum absolute atomic E-state index is 13.5. The van der Waals surface area contributed by atoms with Crippen LogP contribution in [0.4, 0.5) is 65.9 Å². The monoisotopic (exact) mass is 413 g/mol. The van der Waals surface area contributed by atoms with Crippen LogP contribution in [0.5, 0.6) is 0 Å². The van der Waals surface area contributed by atoms with E-state index in [0.717, 1.165) is 0 Å². The van der Waals surface area contributed by atoms with Crippen molar-refractivity contribution >= 4 is 0 Å². The summed E-state index contributed by atoms with van der Waals surface area (Å²) in [5, 5.41) is 0. The van der Waals surface area contributed by atoms with E-state index in [4.69, 9.17) is 0 Å². The molecule has 1 aliphatic rings. The zero-order valence-electron chi connectivity index (χ0n) is 10.7. The van der Waals surface area contributed by atoms with Gasteiger partial charge in [-0.1, -0.05) is 0 Å². The van der Waals surface area contributed by atoms with Crippen molar-refractivity contribution in [2.75, 3.05) is 6.67 Å². The lowest BCUT2D eigenvalue weighted by atomic mass is 10.0. The third-order valence-corrected chi connectivity index (χ3v) is 2.83. The highest BCUT2D eigenvalue weighted by atomic mass is 19.4. The lowest BCUT2D eigenvalue weighted by Crippen LogP contribution is -2.84. The summed E-state index contributed by atoms with van der Waals surface area (Å²) in [7, 11) is 0. The van der Waals surface area contributed by atoms with Crippen LogP contribution in [-0.2, 0) is 4.74 Å². The predicted octanol–water partition coefficient (Wildman–Crippen LogP) is 4.52. The molecule has 2 unspecified atom stereocenters. The van der Waals surface area contributed by atoms with E-state index >= 15 is 0 Å². The topological polar surface area (TPSA) is 12.5 Å². The van der Waals surface area contributed by atoms with Crippen LogP contribution >= 0.6 is 0 Å². The van der Waals surface area contributed by atoms with Crippen molar-refractivity contribution in [2.24, 2.45) is 0 Å². The van der Waals surface area contributed by atoms with Crippen molar-refractivity contribution < 1.29 is 70.6 Å². The SMILES string of the molecule is FCC(F)(F)N1C(F)(F)C(F)(C(F)(F)F)OC(F)(C(F)(F)F)C1(F)F. The van der Waals surface area contributed by atoms with Gasteiger partial charge >= 0.3 is 42.2 Å². The maximum atomic E-state index is 13.5. The van der Waals surface area contributed by atoms with Crippen LogP contribution in [0.25, 0.3) is 0 Å². The van der Waals surface area contributed by atoms with E-state index in [2.05, 4.69) is 0 Å². The Labute approximate surface area is 126 Å². The number of halogens is 15. The molecule has 0 aromatic carbocycles. The van der Waals surface area contributed by atoms with Crippen LogP contribution in [0.3, 0.4) is 0 Å². The van der Waals surface area contributed by atoms with E-state index in [0.29, 0.717) is 0 Å². The molecule has 0 aromatic rings. The van der Waals surface area contributed by atoms with Gasteiger partial charge in [-0.05, 0) is 0 Å². The standard InChI is InChI=1S/C8H2F15NO/c9-1-2(10,11)24-7(20,21)3(12,5(14,15)16)25-4(13,6(17,18)19)8(24,22)23/h1H2. The molecule has 0 radical (unpaired) electrons. The van der Waals surface area contributed by atoms with E-state index in [1.807, 2.05) is 0 Å². The van der Waals surface area contributed by atoms with Gasteiger partial charge in [0, 0.05) is 0 Å². The third kappa shape index (κ3) is 2.60. The summed E-state index contributed by atoms with van der Waals surface area (Å²) in [5.41, 5.74) is 0. The molecule has 1 rings (SSSR count). The molecule has 2 nitrogen and oxygen atoms in total. The molecule has 1 fully saturated rings. The molecule has 1 saturated heterocycles. The van der Waals surface area contributed by atoms with Crippen LogP contribution < -0.4 is 0 Å². The summed E-state index contributed by atoms with van der Waals surface area (Å²) in [6.07, 6.45) is -14.9. The Morgan fingerprint density at radius 2 is 0.920 bits per heavy atom. The second-order valence-electron chi connectivity index (χ2n) is 4.51. The van der Waals surface area contributed by atoms with Crippen LogP contribution in [0.15, 0.2) is 0 Å². The molecule has 1 heterocycles. The van der Waals surface area contributed by atoms with Crippen molar-refractivity contribution in [3.63, 3.8) is 0 Å². The lowest BCUT2D eigenvalue weighted by Gasteiger charge is -2.54. The molecule has 0 N–H and O–H groups in total. The first-order chi connectivity index (χ1) is 10.6. The Kier molecular flexibility index (Phi) is 4.56. The van der Waals surface area contributed by atoms with Gasteiger partial charge < -0.3 is 0 Å². The quantitative estimate of drug-likeness (QED) is 0.488.